The molecule has 0 bridgehead atoms. The van der Waals surface area contributed by atoms with E-state index in [0.29, 0.717) is 24.5 Å². The summed E-state index contributed by atoms with van der Waals surface area (Å²) in [4.78, 5) is 11.6. The molecule has 0 aromatic rings. The molecular weight excluding hydrogens is 202 g/mol. The Balaban J connectivity index is 2.11. The number of carbonyl (C=O) groups is 1. The number of hydrogen-bond acceptors (Lipinski definition) is 2. The van der Waals surface area contributed by atoms with Crippen LogP contribution in [0.5, 0.6) is 0 Å². The highest BCUT2D eigenvalue weighted by Gasteiger charge is 2.31. The van der Waals surface area contributed by atoms with Crippen LogP contribution in [0.2, 0.25) is 0 Å². The predicted molar refractivity (Wildman–Crippen MR) is 65.3 cm³/mol. The lowest BCUT2D eigenvalue weighted by Gasteiger charge is -2.17. The second-order valence-electron chi connectivity index (χ2n) is 5.53. The summed E-state index contributed by atoms with van der Waals surface area (Å²) in [5.41, 5.74) is 0.399. The third kappa shape index (κ3) is 4.97. The van der Waals surface area contributed by atoms with Gasteiger partial charge in [-0.25, -0.2) is 0 Å². The fourth-order valence-corrected chi connectivity index (χ4v) is 2.27. The maximum atomic E-state index is 11.6. The zero-order chi connectivity index (χ0) is 12.0. The molecule has 1 amide bonds. The molecular formula is C13H25NO2. The molecule has 0 aromatic carbocycles. The highest BCUT2D eigenvalue weighted by atomic mass is 16.5. The van der Waals surface area contributed by atoms with Gasteiger partial charge in [-0.15, -0.1) is 0 Å². The molecule has 3 heteroatoms. The molecule has 1 N–H and O–H groups in total. The predicted octanol–water partition coefficient (Wildman–Crippen LogP) is 2.50. The second kappa shape index (κ2) is 6.24. The minimum absolute atomic E-state index is 0.138. The van der Waals surface area contributed by atoms with Crippen LogP contribution in [0.25, 0.3) is 0 Å². The van der Waals surface area contributed by atoms with Gasteiger partial charge in [-0.2, -0.15) is 0 Å². The third-order valence-corrected chi connectivity index (χ3v) is 3.16. The molecule has 94 valence electrons. The van der Waals surface area contributed by atoms with Crippen LogP contribution >= 0.6 is 0 Å². The van der Waals surface area contributed by atoms with E-state index >= 15 is 0 Å². The summed E-state index contributed by atoms with van der Waals surface area (Å²) in [6, 6.07) is 0.383. The highest BCUT2D eigenvalue weighted by molar-refractivity contribution is 5.76. The molecule has 1 saturated carbocycles. The Morgan fingerprint density at radius 2 is 2.19 bits per heavy atom. The molecule has 3 nitrogen and oxygen atoms in total. The zero-order valence-corrected chi connectivity index (χ0v) is 10.8. The minimum atomic E-state index is 0.138. The average Bonchev–Trinajstić information content (AvgIpc) is 2.53. The molecule has 1 aliphatic carbocycles. The number of amides is 1. The van der Waals surface area contributed by atoms with Crippen LogP contribution in [0.4, 0.5) is 0 Å². The lowest BCUT2D eigenvalue weighted by Crippen LogP contribution is -2.34. The van der Waals surface area contributed by atoms with Crippen molar-refractivity contribution in [1.82, 2.24) is 5.32 Å². The van der Waals surface area contributed by atoms with E-state index in [-0.39, 0.29) is 5.91 Å². The van der Waals surface area contributed by atoms with Crippen molar-refractivity contribution >= 4 is 5.91 Å². The Bertz CT molecular complexity index is 226. The molecule has 16 heavy (non-hydrogen) atoms. The Kier molecular flexibility index (Phi) is 5.26. The van der Waals surface area contributed by atoms with E-state index in [1.807, 2.05) is 0 Å². The Morgan fingerprint density at radius 3 is 2.75 bits per heavy atom. The van der Waals surface area contributed by atoms with Crippen LogP contribution in [-0.4, -0.2) is 25.2 Å². The van der Waals surface area contributed by atoms with Gasteiger partial charge < -0.3 is 10.1 Å². The fourth-order valence-electron chi connectivity index (χ4n) is 2.27. The van der Waals surface area contributed by atoms with Crippen molar-refractivity contribution in [3.63, 3.8) is 0 Å². The average molecular weight is 227 g/mol. The van der Waals surface area contributed by atoms with Crippen molar-refractivity contribution in [1.29, 1.82) is 0 Å². The lowest BCUT2D eigenvalue weighted by atomic mass is 9.92. The first-order chi connectivity index (χ1) is 7.53. The van der Waals surface area contributed by atoms with Crippen LogP contribution in [0.3, 0.4) is 0 Å². The first-order valence-corrected chi connectivity index (χ1v) is 6.40. The monoisotopic (exact) mass is 227 g/mol. The van der Waals surface area contributed by atoms with E-state index in [9.17, 15) is 4.79 Å². The maximum Gasteiger partial charge on any atom is 0.222 e. The van der Waals surface area contributed by atoms with Gasteiger partial charge >= 0.3 is 0 Å². The van der Waals surface area contributed by atoms with Crippen molar-refractivity contribution in [2.75, 3.05) is 13.2 Å². The van der Waals surface area contributed by atoms with E-state index in [0.717, 1.165) is 25.9 Å². The standard InChI is InChI=1S/C13H25NO2/c1-4-8-16-9-6-12(15)14-11-5-7-13(2,3)10-11/h11H,4-10H2,1-3H3,(H,14,15). The summed E-state index contributed by atoms with van der Waals surface area (Å²) in [7, 11) is 0. The van der Waals surface area contributed by atoms with Gasteiger partial charge in [0.25, 0.3) is 0 Å². The van der Waals surface area contributed by atoms with Crippen LogP contribution < -0.4 is 5.32 Å². The van der Waals surface area contributed by atoms with Crippen molar-refractivity contribution in [2.24, 2.45) is 5.41 Å². The topological polar surface area (TPSA) is 38.3 Å². The van der Waals surface area contributed by atoms with Gasteiger partial charge in [-0.1, -0.05) is 20.8 Å². The van der Waals surface area contributed by atoms with Crippen LogP contribution in [0.1, 0.15) is 52.9 Å². The van der Waals surface area contributed by atoms with Crippen molar-refractivity contribution < 1.29 is 9.53 Å². The minimum Gasteiger partial charge on any atom is -0.381 e. The van der Waals surface area contributed by atoms with Gasteiger partial charge in [-0.05, 0) is 31.1 Å². The second-order valence-corrected chi connectivity index (χ2v) is 5.53. The first-order valence-electron chi connectivity index (χ1n) is 6.40. The summed E-state index contributed by atoms with van der Waals surface area (Å²) in [5.74, 6) is 0.138. The largest absolute Gasteiger partial charge is 0.381 e. The lowest BCUT2D eigenvalue weighted by molar-refractivity contribution is -0.122. The maximum absolute atomic E-state index is 11.6. The molecule has 1 rings (SSSR count). The van der Waals surface area contributed by atoms with Gasteiger partial charge in [0.2, 0.25) is 5.91 Å². The van der Waals surface area contributed by atoms with Crippen molar-refractivity contribution in [2.45, 2.75) is 58.9 Å². The van der Waals surface area contributed by atoms with Gasteiger partial charge in [0.1, 0.15) is 0 Å². The molecule has 0 saturated heterocycles. The molecule has 0 spiro atoms. The molecule has 0 aliphatic heterocycles. The zero-order valence-electron chi connectivity index (χ0n) is 10.8. The Morgan fingerprint density at radius 1 is 1.44 bits per heavy atom. The Labute approximate surface area is 98.9 Å². The highest BCUT2D eigenvalue weighted by Crippen LogP contribution is 2.36. The summed E-state index contributed by atoms with van der Waals surface area (Å²) in [5, 5.41) is 3.09. The van der Waals surface area contributed by atoms with Gasteiger partial charge in [0, 0.05) is 19.1 Å². The summed E-state index contributed by atoms with van der Waals surface area (Å²) in [6.45, 7) is 7.91. The molecule has 0 aromatic heterocycles. The number of rotatable bonds is 6. The van der Waals surface area contributed by atoms with E-state index in [1.54, 1.807) is 0 Å². The number of ether oxygens (including phenoxy) is 1. The molecule has 0 radical (unpaired) electrons. The van der Waals surface area contributed by atoms with Gasteiger partial charge in [0.15, 0.2) is 0 Å². The number of carbonyl (C=O) groups excluding carboxylic acids is 1. The van der Waals surface area contributed by atoms with Crippen molar-refractivity contribution in [3.8, 4) is 0 Å². The van der Waals surface area contributed by atoms with E-state index in [4.69, 9.17) is 4.74 Å². The third-order valence-electron chi connectivity index (χ3n) is 3.16. The number of nitrogens with one attached hydrogen (secondary N) is 1. The summed E-state index contributed by atoms with van der Waals surface area (Å²) < 4.78 is 5.30. The van der Waals surface area contributed by atoms with Crippen LogP contribution in [0, 0.1) is 5.41 Å². The van der Waals surface area contributed by atoms with E-state index in [1.165, 1.54) is 6.42 Å². The smallest absolute Gasteiger partial charge is 0.222 e. The molecule has 1 aliphatic rings. The summed E-state index contributed by atoms with van der Waals surface area (Å²) in [6.07, 6.45) is 4.95. The molecule has 1 fully saturated rings. The van der Waals surface area contributed by atoms with Crippen LogP contribution in [-0.2, 0) is 9.53 Å². The fraction of sp³-hybridized carbons (Fsp3) is 0.923. The van der Waals surface area contributed by atoms with Crippen LogP contribution in [0.15, 0.2) is 0 Å². The molecule has 1 atom stereocenters. The quantitative estimate of drug-likeness (QED) is 0.708. The number of hydrogen-bond donors (Lipinski definition) is 1. The van der Waals surface area contributed by atoms with E-state index < -0.39 is 0 Å². The van der Waals surface area contributed by atoms with Gasteiger partial charge in [-0.3, -0.25) is 4.79 Å². The van der Waals surface area contributed by atoms with E-state index in [2.05, 4.69) is 26.1 Å². The Hall–Kier alpha value is -0.570. The van der Waals surface area contributed by atoms with Gasteiger partial charge in [0.05, 0.1) is 6.61 Å². The summed E-state index contributed by atoms with van der Waals surface area (Å²) >= 11 is 0. The normalized spacial score (nSPS) is 23.3. The SMILES string of the molecule is CCCOCCC(=O)NC1CCC(C)(C)C1. The van der Waals surface area contributed by atoms with Crippen molar-refractivity contribution in [3.05, 3.63) is 0 Å². The molecule has 1 unspecified atom stereocenters. The first kappa shape index (κ1) is 13.5. The molecule has 0 heterocycles.